The molecule has 0 saturated heterocycles. The minimum absolute atomic E-state index is 0.118. The molecule has 0 spiro atoms. The fraction of sp³-hybridized carbons (Fsp3) is 0.0667. The molecular formula is C15H10Cl2FNO3. The number of carbonyl (C=O) groups excluding carboxylic acids is 1. The molecule has 22 heavy (non-hydrogen) atoms. The van der Waals surface area contributed by atoms with Crippen LogP contribution in [-0.4, -0.2) is 17.0 Å². The lowest BCUT2D eigenvalue weighted by molar-refractivity contribution is 0.0696. The summed E-state index contributed by atoms with van der Waals surface area (Å²) < 4.78 is 13.0. The van der Waals surface area contributed by atoms with Gasteiger partial charge in [0.25, 0.3) is 5.91 Å². The SMILES string of the molecule is O=C(NCc1cccc(F)c1)c1cc(Cl)c(C(=O)O)c(Cl)c1. The average molecular weight is 342 g/mol. The van der Waals surface area contributed by atoms with Gasteiger partial charge in [-0.25, -0.2) is 9.18 Å². The van der Waals surface area contributed by atoms with Crippen LogP contribution in [0.25, 0.3) is 0 Å². The molecular weight excluding hydrogens is 332 g/mol. The third-order valence-electron chi connectivity index (χ3n) is 2.86. The molecule has 1 amide bonds. The molecule has 0 aliphatic heterocycles. The average Bonchev–Trinajstić information content (AvgIpc) is 2.43. The molecule has 0 unspecified atom stereocenters. The zero-order valence-corrected chi connectivity index (χ0v) is 12.6. The molecule has 2 rings (SSSR count). The van der Waals surface area contributed by atoms with Gasteiger partial charge in [-0.2, -0.15) is 0 Å². The van der Waals surface area contributed by atoms with Gasteiger partial charge in [0, 0.05) is 12.1 Å². The van der Waals surface area contributed by atoms with Crippen molar-refractivity contribution in [3.8, 4) is 0 Å². The molecule has 0 bridgehead atoms. The number of carboxylic acids is 1. The van der Waals surface area contributed by atoms with Crippen LogP contribution in [0.2, 0.25) is 10.0 Å². The van der Waals surface area contributed by atoms with E-state index in [9.17, 15) is 14.0 Å². The number of rotatable bonds is 4. The van der Waals surface area contributed by atoms with Gasteiger partial charge in [0.05, 0.1) is 15.6 Å². The van der Waals surface area contributed by atoms with E-state index in [-0.39, 0.29) is 27.7 Å². The number of halogens is 3. The number of hydrogen-bond acceptors (Lipinski definition) is 2. The predicted molar refractivity (Wildman–Crippen MR) is 81.0 cm³/mol. The van der Waals surface area contributed by atoms with Crippen LogP contribution >= 0.6 is 23.2 Å². The van der Waals surface area contributed by atoms with Crippen molar-refractivity contribution in [2.75, 3.05) is 0 Å². The molecule has 0 radical (unpaired) electrons. The minimum atomic E-state index is -1.28. The summed E-state index contributed by atoms with van der Waals surface area (Å²) in [5.74, 6) is -2.17. The molecule has 0 heterocycles. The Morgan fingerprint density at radius 2 is 1.77 bits per heavy atom. The van der Waals surface area contributed by atoms with Crippen LogP contribution in [0.1, 0.15) is 26.3 Å². The summed E-state index contributed by atoms with van der Waals surface area (Å²) in [7, 11) is 0. The summed E-state index contributed by atoms with van der Waals surface area (Å²) >= 11 is 11.6. The highest BCUT2D eigenvalue weighted by molar-refractivity contribution is 6.39. The lowest BCUT2D eigenvalue weighted by atomic mass is 10.1. The van der Waals surface area contributed by atoms with Crippen LogP contribution < -0.4 is 5.32 Å². The van der Waals surface area contributed by atoms with E-state index in [0.29, 0.717) is 5.56 Å². The first kappa shape index (κ1) is 16.3. The van der Waals surface area contributed by atoms with E-state index in [2.05, 4.69) is 5.32 Å². The van der Waals surface area contributed by atoms with Crippen molar-refractivity contribution in [1.82, 2.24) is 5.32 Å². The fourth-order valence-corrected chi connectivity index (χ4v) is 2.49. The first-order valence-corrected chi connectivity index (χ1v) is 6.89. The summed E-state index contributed by atoms with van der Waals surface area (Å²) in [5.41, 5.74) is 0.453. The maximum absolute atomic E-state index is 13.0. The molecule has 0 fully saturated rings. The number of aromatic carboxylic acids is 1. The van der Waals surface area contributed by atoms with Crippen molar-refractivity contribution in [2.45, 2.75) is 6.54 Å². The van der Waals surface area contributed by atoms with E-state index in [1.165, 1.54) is 30.3 Å². The minimum Gasteiger partial charge on any atom is -0.478 e. The van der Waals surface area contributed by atoms with Crippen LogP contribution in [-0.2, 0) is 6.54 Å². The first-order chi connectivity index (χ1) is 10.4. The zero-order chi connectivity index (χ0) is 16.3. The van der Waals surface area contributed by atoms with E-state index < -0.39 is 17.7 Å². The second-order valence-electron chi connectivity index (χ2n) is 4.43. The third-order valence-corrected chi connectivity index (χ3v) is 3.46. The van der Waals surface area contributed by atoms with Gasteiger partial charge in [-0.1, -0.05) is 35.3 Å². The molecule has 0 aliphatic carbocycles. The Balaban J connectivity index is 2.15. The van der Waals surface area contributed by atoms with E-state index in [4.69, 9.17) is 28.3 Å². The monoisotopic (exact) mass is 341 g/mol. The topological polar surface area (TPSA) is 66.4 Å². The molecule has 0 aromatic heterocycles. The summed E-state index contributed by atoms with van der Waals surface area (Å²) in [6, 6.07) is 8.24. The summed E-state index contributed by atoms with van der Waals surface area (Å²) in [6.45, 7) is 0.118. The standard InChI is InChI=1S/C15H10Cl2FNO3/c16-11-5-9(6-12(17)13(11)15(21)22)14(20)19-7-8-2-1-3-10(18)4-8/h1-6H,7H2,(H,19,20)(H,21,22). The van der Waals surface area contributed by atoms with Gasteiger partial charge in [-0.3, -0.25) is 4.79 Å². The normalized spacial score (nSPS) is 10.3. The van der Waals surface area contributed by atoms with Crippen LogP contribution in [0.5, 0.6) is 0 Å². The van der Waals surface area contributed by atoms with Gasteiger partial charge in [0.15, 0.2) is 0 Å². The summed E-state index contributed by atoms with van der Waals surface area (Å²) in [5, 5.41) is 11.3. The molecule has 2 aromatic carbocycles. The van der Waals surface area contributed by atoms with Gasteiger partial charge in [0.1, 0.15) is 5.82 Å². The van der Waals surface area contributed by atoms with Gasteiger partial charge in [-0.15, -0.1) is 0 Å². The van der Waals surface area contributed by atoms with E-state index >= 15 is 0 Å². The van der Waals surface area contributed by atoms with Gasteiger partial charge in [0.2, 0.25) is 0 Å². The summed E-state index contributed by atoms with van der Waals surface area (Å²) in [4.78, 5) is 23.0. The molecule has 2 N–H and O–H groups in total. The Kier molecular flexibility index (Phi) is 5.00. The molecule has 7 heteroatoms. The van der Waals surface area contributed by atoms with Gasteiger partial charge >= 0.3 is 5.97 Å². The lowest BCUT2D eigenvalue weighted by Gasteiger charge is -2.08. The Bertz CT molecular complexity index is 726. The number of nitrogens with one attached hydrogen (secondary N) is 1. The second kappa shape index (κ2) is 6.77. The first-order valence-electron chi connectivity index (χ1n) is 6.13. The number of carbonyl (C=O) groups is 2. The number of amides is 1. The smallest absolute Gasteiger partial charge is 0.338 e. The van der Waals surface area contributed by atoms with Crippen molar-refractivity contribution >= 4 is 35.1 Å². The van der Waals surface area contributed by atoms with Crippen LogP contribution in [0.15, 0.2) is 36.4 Å². The highest BCUT2D eigenvalue weighted by Gasteiger charge is 2.17. The van der Waals surface area contributed by atoms with Crippen LogP contribution in [0.3, 0.4) is 0 Å². The number of carboxylic acid groups (broad SMARTS) is 1. The zero-order valence-electron chi connectivity index (χ0n) is 11.1. The largest absolute Gasteiger partial charge is 0.478 e. The predicted octanol–water partition coefficient (Wildman–Crippen LogP) is 3.76. The second-order valence-corrected chi connectivity index (χ2v) is 5.25. The van der Waals surface area contributed by atoms with Crippen LogP contribution in [0, 0.1) is 5.82 Å². The van der Waals surface area contributed by atoms with Crippen molar-refractivity contribution in [3.05, 3.63) is 69.0 Å². The molecule has 0 atom stereocenters. The molecule has 114 valence electrons. The Labute approximate surface area is 135 Å². The fourth-order valence-electron chi connectivity index (χ4n) is 1.84. The lowest BCUT2D eigenvalue weighted by Crippen LogP contribution is -2.23. The van der Waals surface area contributed by atoms with E-state index in [1.54, 1.807) is 6.07 Å². The summed E-state index contributed by atoms with van der Waals surface area (Å²) in [6.07, 6.45) is 0. The van der Waals surface area contributed by atoms with Gasteiger partial charge in [-0.05, 0) is 29.8 Å². The van der Waals surface area contributed by atoms with E-state index in [1.807, 2.05) is 0 Å². The molecule has 0 saturated carbocycles. The van der Waals surface area contributed by atoms with Crippen molar-refractivity contribution in [2.24, 2.45) is 0 Å². The molecule has 0 aliphatic rings. The number of benzene rings is 2. The Morgan fingerprint density at radius 3 is 2.32 bits per heavy atom. The molecule has 2 aromatic rings. The van der Waals surface area contributed by atoms with Crippen LogP contribution in [0.4, 0.5) is 4.39 Å². The molecule has 4 nitrogen and oxygen atoms in total. The van der Waals surface area contributed by atoms with Gasteiger partial charge < -0.3 is 10.4 Å². The van der Waals surface area contributed by atoms with Crippen molar-refractivity contribution < 1.29 is 19.1 Å². The van der Waals surface area contributed by atoms with Crippen molar-refractivity contribution in [1.29, 1.82) is 0 Å². The Hall–Kier alpha value is -2.11. The quantitative estimate of drug-likeness (QED) is 0.889. The Morgan fingerprint density at radius 1 is 1.14 bits per heavy atom. The van der Waals surface area contributed by atoms with E-state index in [0.717, 1.165) is 0 Å². The maximum atomic E-state index is 13.0. The van der Waals surface area contributed by atoms with Crippen molar-refractivity contribution in [3.63, 3.8) is 0 Å². The maximum Gasteiger partial charge on any atom is 0.338 e. The highest BCUT2D eigenvalue weighted by Crippen LogP contribution is 2.26. The number of hydrogen-bond donors (Lipinski definition) is 2. The third kappa shape index (κ3) is 3.75. The highest BCUT2D eigenvalue weighted by atomic mass is 35.5.